The van der Waals surface area contributed by atoms with E-state index in [0.29, 0.717) is 16.4 Å². The van der Waals surface area contributed by atoms with E-state index in [4.69, 9.17) is 9.15 Å². The van der Waals surface area contributed by atoms with E-state index in [-0.39, 0.29) is 30.9 Å². The fourth-order valence-electron chi connectivity index (χ4n) is 4.26. The number of nitrogens with one attached hydrogen (secondary N) is 2. The van der Waals surface area contributed by atoms with Gasteiger partial charge in [0, 0.05) is 12.6 Å². The lowest BCUT2D eigenvalue weighted by Crippen LogP contribution is -2.48. The Morgan fingerprint density at radius 1 is 1.14 bits per heavy atom. The molecule has 3 aromatic rings. The summed E-state index contributed by atoms with van der Waals surface area (Å²) in [6, 6.07) is 13.3. The van der Waals surface area contributed by atoms with Crippen molar-refractivity contribution in [2.24, 2.45) is 0 Å². The number of rotatable bonds is 10. The Kier molecular flexibility index (Phi) is 8.20. The monoisotopic (exact) mass is 495 g/mol. The Labute approximate surface area is 208 Å². The molecule has 8 nitrogen and oxygen atoms in total. The second-order valence-electron chi connectivity index (χ2n) is 8.44. The summed E-state index contributed by atoms with van der Waals surface area (Å²) in [5.74, 6) is -0.0276. The van der Waals surface area contributed by atoms with Gasteiger partial charge in [0.15, 0.2) is 6.04 Å². The number of carbonyl (C=O) groups excluding carboxylic acids is 3. The molecule has 0 spiro atoms. The average Bonchev–Trinajstić information content (AvgIpc) is 3.66. The van der Waals surface area contributed by atoms with E-state index in [2.05, 4.69) is 10.6 Å². The first kappa shape index (κ1) is 24.5. The van der Waals surface area contributed by atoms with Gasteiger partial charge in [0.25, 0.3) is 11.8 Å². The minimum atomic E-state index is -0.983. The zero-order valence-electron chi connectivity index (χ0n) is 19.6. The van der Waals surface area contributed by atoms with Gasteiger partial charge in [-0.15, -0.1) is 11.3 Å². The lowest BCUT2D eigenvalue weighted by molar-refractivity contribution is -0.141. The van der Waals surface area contributed by atoms with Crippen LogP contribution in [0.1, 0.15) is 52.7 Å². The molecule has 1 aromatic carbocycles. The summed E-state index contributed by atoms with van der Waals surface area (Å²) in [4.78, 5) is 41.4. The van der Waals surface area contributed by atoms with Crippen molar-refractivity contribution in [3.8, 4) is 5.75 Å². The largest absolute Gasteiger partial charge is 0.497 e. The lowest BCUT2D eigenvalue weighted by atomic mass is 10.1. The van der Waals surface area contributed by atoms with E-state index >= 15 is 0 Å². The summed E-state index contributed by atoms with van der Waals surface area (Å²) in [6.07, 6.45) is 5.45. The van der Waals surface area contributed by atoms with E-state index in [0.717, 1.165) is 31.2 Å². The van der Waals surface area contributed by atoms with Crippen LogP contribution in [0.4, 0.5) is 0 Å². The standard InChI is InChI=1S/C26H29N3O5S/c1-33-20-10-4-7-18(15-20)17-29(23(30)16-27-25(31)22-12-6-14-35-22)24(21-11-5-13-34-21)26(32)28-19-8-2-3-9-19/h4-7,10-15,19,24H,2-3,8-9,16-17H2,1H3,(H,27,31)(H,28,32)/t24-/m1/s1. The van der Waals surface area contributed by atoms with E-state index in [1.807, 2.05) is 24.3 Å². The van der Waals surface area contributed by atoms with Gasteiger partial charge in [0.2, 0.25) is 5.91 Å². The molecule has 1 saturated carbocycles. The molecule has 184 valence electrons. The SMILES string of the molecule is COc1cccc(CN(C(=O)CNC(=O)c2cccs2)[C@@H](C(=O)NC2CCCC2)c2ccco2)c1. The van der Waals surface area contributed by atoms with Crippen LogP contribution in [-0.4, -0.2) is 42.3 Å². The van der Waals surface area contributed by atoms with Crippen molar-refractivity contribution in [2.75, 3.05) is 13.7 Å². The van der Waals surface area contributed by atoms with Gasteiger partial charge in [-0.25, -0.2) is 0 Å². The Bertz CT molecular complexity index is 1120. The molecular weight excluding hydrogens is 466 g/mol. The molecule has 4 rings (SSSR count). The van der Waals surface area contributed by atoms with Crippen LogP contribution in [0.5, 0.6) is 5.75 Å². The van der Waals surface area contributed by atoms with Gasteiger partial charge in [-0.1, -0.05) is 31.0 Å². The second-order valence-corrected chi connectivity index (χ2v) is 9.39. The van der Waals surface area contributed by atoms with Gasteiger partial charge in [0.05, 0.1) is 24.8 Å². The fraction of sp³-hybridized carbons (Fsp3) is 0.346. The summed E-state index contributed by atoms with van der Waals surface area (Å²) < 4.78 is 10.9. The van der Waals surface area contributed by atoms with Crippen LogP contribution in [0.2, 0.25) is 0 Å². The first-order valence-corrected chi connectivity index (χ1v) is 12.5. The number of methoxy groups -OCH3 is 1. The topological polar surface area (TPSA) is 101 Å². The van der Waals surface area contributed by atoms with Crippen molar-refractivity contribution in [2.45, 2.75) is 44.3 Å². The fourth-order valence-corrected chi connectivity index (χ4v) is 4.90. The zero-order valence-corrected chi connectivity index (χ0v) is 20.4. The van der Waals surface area contributed by atoms with Gasteiger partial charge in [-0.3, -0.25) is 14.4 Å². The highest BCUT2D eigenvalue weighted by molar-refractivity contribution is 7.12. The van der Waals surface area contributed by atoms with E-state index in [1.165, 1.54) is 22.5 Å². The van der Waals surface area contributed by atoms with Crippen LogP contribution in [0.25, 0.3) is 0 Å². The third kappa shape index (κ3) is 6.30. The molecule has 1 aliphatic carbocycles. The Hall–Kier alpha value is -3.59. The third-order valence-electron chi connectivity index (χ3n) is 6.03. The van der Waals surface area contributed by atoms with E-state index in [1.54, 1.807) is 36.8 Å². The molecule has 2 N–H and O–H groups in total. The number of hydrogen-bond donors (Lipinski definition) is 2. The molecule has 0 bridgehead atoms. The molecule has 35 heavy (non-hydrogen) atoms. The van der Waals surface area contributed by atoms with E-state index < -0.39 is 11.9 Å². The molecular formula is C26H29N3O5S. The average molecular weight is 496 g/mol. The van der Waals surface area contributed by atoms with Gasteiger partial charge < -0.3 is 24.7 Å². The first-order chi connectivity index (χ1) is 17.0. The molecule has 0 aliphatic heterocycles. The molecule has 1 aliphatic rings. The number of hydrogen-bond acceptors (Lipinski definition) is 6. The Morgan fingerprint density at radius 3 is 2.66 bits per heavy atom. The Morgan fingerprint density at radius 2 is 1.97 bits per heavy atom. The summed E-state index contributed by atoms with van der Waals surface area (Å²) in [7, 11) is 1.57. The highest BCUT2D eigenvalue weighted by Gasteiger charge is 2.35. The van der Waals surface area contributed by atoms with Crippen molar-refractivity contribution in [1.82, 2.24) is 15.5 Å². The molecule has 0 saturated heterocycles. The van der Waals surface area contributed by atoms with E-state index in [9.17, 15) is 14.4 Å². The minimum absolute atomic E-state index is 0.0762. The van der Waals surface area contributed by atoms with Gasteiger partial charge in [0.1, 0.15) is 11.5 Å². The maximum Gasteiger partial charge on any atom is 0.261 e. The van der Waals surface area contributed by atoms with Crippen molar-refractivity contribution in [3.63, 3.8) is 0 Å². The maximum absolute atomic E-state index is 13.5. The molecule has 1 atom stereocenters. The third-order valence-corrected chi connectivity index (χ3v) is 6.90. The smallest absolute Gasteiger partial charge is 0.261 e. The molecule has 3 amide bonds. The summed E-state index contributed by atoms with van der Waals surface area (Å²) >= 11 is 1.29. The number of carbonyl (C=O) groups is 3. The normalized spacial score (nSPS) is 14.3. The number of amides is 3. The maximum atomic E-state index is 13.5. The molecule has 1 fully saturated rings. The van der Waals surface area contributed by atoms with Crippen LogP contribution in [0.3, 0.4) is 0 Å². The quantitative estimate of drug-likeness (QED) is 0.444. The zero-order chi connectivity index (χ0) is 24.6. The summed E-state index contributed by atoms with van der Waals surface area (Å²) in [5, 5.41) is 7.57. The minimum Gasteiger partial charge on any atom is -0.497 e. The molecule has 2 heterocycles. The molecule has 9 heteroatoms. The predicted molar refractivity (Wildman–Crippen MR) is 132 cm³/mol. The van der Waals surface area contributed by atoms with Crippen LogP contribution in [-0.2, 0) is 16.1 Å². The van der Waals surface area contributed by atoms with Gasteiger partial charge >= 0.3 is 0 Å². The number of thiophene rings is 1. The molecule has 0 radical (unpaired) electrons. The Balaban J connectivity index is 1.60. The summed E-state index contributed by atoms with van der Waals surface area (Å²) in [5.41, 5.74) is 0.785. The lowest BCUT2D eigenvalue weighted by Gasteiger charge is -2.31. The van der Waals surface area contributed by atoms with Crippen molar-refractivity contribution in [3.05, 3.63) is 76.4 Å². The number of ether oxygens (including phenoxy) is 1. The van der Waals surface area contributed by atoms with Crippen LogP contribution in [0, 0.1) is 0 Å². The molecule has 2 aromatic heterocycles. The van der Waals surface area contributed by atoms with Crippen molar-refractivity contribution in [1.29, 1.82) is 0 Å². The molecule has 0 unspecified atom stereocenters. The van der Waals surface area contributed by atoms with Crippen molar-refractivity contribution < 1.29 is 23.5 Å². The van der Waals surface area contributed by atoms with Crippen molar-refractivity contribution >= 4 is 29.1 Å². The summed E-state index contributed by atoms with van der Waals surface area (Å²) in [6.45, 7) is -0.122. The van der Waals surface area contributed by atoms with Crippen LogP contribution >= 0.6 is 11.3 Å². The first-order valence-electron chi connectivity index (χ1n) is 11.6. The highest BCUT2D eigenvalue weighted by Crippen LogP contribution is 2.27. The number of furan rings is 1. The highest BCUT2D eigenvalue weighted by atomic mass is 32.1. The van der Waals surface area contributed by atoms with Gasteiger partial charge in [-0.05, 0) is 54.1 Å². The predicted octanol–water partition coefficient (Wildman–Crippen LogP) is 3.91. The number of nitrogens with zero attached hydrogens (tertiary/aromatic N) is 1. The second kappa shape index (κ2) is 11.7. The van der Waals surface area contributed by atoms with Gasteiger partial charge in [-0.2, -0.15) is 0 Å². The van der Waals surface area contributed by atoms with Crippen LogP contribution < -0.4 is 15.4 Å². The van der Waals surface area contributed by atoms with Crippen LogP contribution in [0.15, 0.2) is 64.6 Å². The number of benzene rings is 1.